The Labute approximate surface area is 222 Å². The van der Waals surface area contributed by atoms with E-state index in [0.29, 0.717) is 25.5 Å². The molecule has 0 unspecified atom stereocenters. The molecule has 0 N–H and O–H groups in total. The summed E-state index contributed by atoms with van der Waals surface area (Å²) >= 11 is 0. The topological polar surface area (TPSA) is 64.8 Å². The van der Waals surface area contributed by atoms with Gasteiger partial charge < -0.3 is 18.8 Å². The van der Waals surface area contributed by atoms with Crippen molar-refractivity contribution in [3.05, 3.63) is 102 Å². The molecule has 6 nitrogen and oxygen atoms in total. The Morgan fingerprint density at radius 1 is 1.11 bits per heavy atom. The van der Waals surface area contributed by atoms with E-state index in [9.17, 15) is 4.79 Å². The number of rotatable bonds is 17. The number of unbranched alkanes of at least 4 members (excludes halogenated alkanes) is 1. The van der Waals surface area contributed by atoms with Gasteiger partial charge in [-0.05, 0) is 44.6 Å². The summed E-state index contributed by atoms with van der Waals surface area (Å²) in [6, 6.07) is 10.2. The number of ether oxygens (including phenoxy) is 2. The van der Waals surface area contributed by atoms with Gasteiger partial charge in [-0.2, -0.15) is 0 Å². The highest BCUT2D eigenvalue weighted by Crippen LogP contribution is 2.19. The first-order valence-electron chi connectivity index (χ1n) is 13.0. The maximum Gasteiger partial charge on any atom is 0.249 e. The molecule has 0 saturated carbocycles. The molecule has 0 aliphatic heterocycles. The molecular weight excluding hydrogens is 464 g/mol. The van der Waals surface area contributed by atoms with Crippen LogP contribution in [-0.4, -0.2) is 43.1 Å². The monoisotopic (exact) mass is 506 g/mol. The molecule has 6 heteroatoms. The lowest BCUT2D eigenvalue weighted by Gasteiger charge is -2.12. The number of methoxy groups -OCH3 is 1. The lowest BCUT2D eigenvalue weighted by Crippen LogP contribution is -2.25. The third-order valence-corrected chi connectivity index (χ3v) is 5.77. The van der Waals surface area contributed by atoms with Gasteiger partial charge in [0, 0.05) is 32.2 Å². The van der Waals surface area contributed by atoms with Crippen molar-refractivity contribution in [2.45, 2.75) is 58.5 Å². The van der Waals surface area contributed by atoms with E-state index in [-0.39, 0.29) is 11.8 Å². The molecule has 200 valence electrons. The van der Waals surface area contributed by atoms with Crippen molar-refractivity contribution < 1.29 is 18.7 Å². The Morgan fingerprint density at radius 2 is 1.86 bits per heavy atom. The first-order valence-corrected chi connectivity index (χ1v) is 13.0. The first-order chi connectivity index (χ1) is 18.0. The van der Waals surface area contributed by atoms with Gasteiger partial charge in [0.25, 0.3) is 0 Å². The van der Waals surface area contributed by atoms with Gasteiger partial charge in [0.1, 0.15) is 6.26 Å². The molecule has 2 rings (SSSR count). The quantitative estimate of drug-likeness (QED) is 0.0778. The molecule has 0 radical (unpaired) electrons. The number of aromatic nitrogens is 1. The molecule has 0 spiro atoms. The van der Waals surface area contributed by atoms with Crippen LogP contribution in [-0.2, 0) is 27.3 Å². The summed E-state index contributed by atoms with van der Waals surface area (Å²) in [5, 5.41) is 0. The van der Waals surface area contributed by atoms with Gasteiger partial charge in [-0.25, -0.2) is 4.98 Å². The number of oxazole rings is 1. The van der Waals surface area contributed by atoms with Crippen LogP contribution in [0.2, 0.25) is 0 Å². The number of carbonyl (C=O) groups excluding carboxylic acids is 1. The minimum atomic E-state index is -0.0617. The largest absolute Gasteiger partial charge is 0.501 e. The Bertz CT molecular complexity index is 1020. The number of aryl methyl sites for hydroxylation is 1. The molecule has 0 aliphatic rings. The van der Waals surface area contributed by atoms with E-state index in [2.05, 4.69) is 54.4 Å². The highest BCUT2D eigenvalue weighted by molar-refractivity contribution is 5.87. The maximum absolute atomic E-state index is 11.9. The van der Waals surface area contributed by atoms with Crippen molar-refractivity contribution in [2.24, 2.45) is 0 Å². The first kappa shape index (κ1) is 29.8. The van der Waals surface area contributed by atoms with Gasteiger partial charge in [0.2, 0.25) is 5.91 Å². The van der Waals surface area contributed by atoms with Crippen molar-refractivity contribution in [2.75, 3.05) is 27.3 Å². The smallest absolute Gasteiger partial charge is 0.249 e. The zero-order valence-corrected chi connectivity index (χ0v) is 22.8. The number of allylic oxidation sites excluding steroid dienone is 6. The Morgan fingerprint density at radius 3 is 2.65 bits per heavy atom. The summed E-state index contributed by atoms with van der Waals surface area (Å²) in [5.74, 6) is 1.57. The minimum Gasteiger partial charge on any atom is -0.501 e. The van der Waals surface area contributed by atoms with E-state index in [1.54, 1.807) is 32.2 Å². The molecule has 1 atom stereocenters. The lowest BCUT2D eigenvalue weighted by atomic mass is 10.1. The van der Waals surface area contributed by atoms with E-state index < -0.39 is 0 Å². The van der Waals surface area contributed by atoms with Crippen LogP contribution >= 0.6 is 0 Å². The van der Waals surface area contributed by atoms with Crippen molar-refractivity contribution in [1.82, 2.24) is 9.88 Å². The van der Waals surface area contributed by atoms with Crippen LogP contribution in [0.15, 0.2) is 89.3 Å². The number of benzene rings is 1. The molecule has 2 aromatic rings. The summed E-state index contributed by atoms with van der Waals surface area (Å²) in [4.78, 5) is 18.2. The number of hydrogen-bond acceptors (Lipinski definition) is 5. The third-order valence-electron chi connectivity index (χ3n) is 5.77. The van der Waals surface area contributed by atoms with Gasteiger partial charge in [-0.3, -0.25) is 4.79 Å². The van der Waals surface area contributed by atoms with Crippen LogP contribution in [0.1, 0.15) is 62.6 Å². The van der Waals surface area contributed by atoms with Gasteiger partial charge >= 0.3 is 0 Å². The van der Waals surface area contributed by atoms with Crippen LogP contribution in [0.4, 0.5) is 0 Å². The van der Waals surface area contributed by atoms with Gasteiger partial charge in [-0.1, -0.05) is 73.7 Å². The van der Waals surface area contributed by atoms with Crippen LogP contribution in [0.5, 0.6) is 0 Å². The van der Waals surface area contributed by atoms with Crippen LogP contribution in [0.3, 0.4) is 0 Å². The summed E-state index contributed by atoms with van der Waals surface area (Å²) in [6.07, 6.45) is 20.4. The Kier molecular flexibility index (Phi) is 14.5. The number of hydrogen-bond donors (Lipinski definition) is 0. The predicted octanol–water partition coefficient (Wildman–Crippen LogP) is 6.78. The second kappa shape index (κ2) is 18.0. The van der Waals surface area contributed by atoms with E-state index in [1.807, 2.05) is 24.3 Å². The van der Waals surface area contributed by atoms with Gasteiger partial charge in [-0.15, -0.1) is 0 Å². The SMILES string of the molecule is CO/C(C)=C/C(=O)N(C)C/C=C/CC/C=C\C=C/C[C@@H](C)c1nc(CCCOCc2ccccc2)co1. The summed E-state index contributed by atoms with van der Waals surface area (Å²) in [6.45, 7) is 5.83. The van der Waals surface area contributed by atoms with Crippen molar-refractivity contribution >= 4 is 5.91 Å². The zero-order valence-electron chi connectivity index (χ0n) is 22.8. The number of amides is 1. The molecule has 1 amide bonds. The van der Waals surface area contributed by atoms with Crippen LogP contribution in [0.25, 0.3) is 0 Å². The highest BCUT2D eigenvalue weighted by Gasteiger charge is 2.11. The van der Waals surface area contributed by atoms with Crippen molar-refractivity contribution in [3.63, 3.8) is 0 Å². The van der Waals surface area contributed by atoms with E-state index in [4.69, 9.17) is 13.9 Å². The molecule has 0 aliphatic carbocycles. The predicted molar refractivity (Wildman–Crippen MR) is 149 cm³/mol. The molecular formula is C31H42N2O4. The van der Waals surface area contributed by atoms with Crippen molar-refractivity contribution in [1.29, 1.82) is 0 Å². The van der Waals surface area contributed by atoms with Crippen LogP contribution in [0, 0.1) is 0 Å². The molecule has 1 heterocycles. The zero-order chi connectivity index (χ0) is 26.7. The maximum atomic E-state index is 11.9. The van der Waals surface area contributed by atoms with E-state index in [0.717, 1.165) is 43.7 Å². The fourth-order valence-corrected chi connectivity index (χ4v) is 3.40. The highest BCUT2D eigenvalue weighted by atomic mass is 16.5. The number of likely N-dealkylation sites (N-methyl/N-ethyl adjacent to an activating group) is 1. The lowest BCUT2D eigenvalue weighted by molar-refractivity contribution is -0.124. The fourth-order valence-electron chi connectivity index (χ4n) is 3.40. The standard InChI is InChI=1S/C31H42N2O4/c1-26(31-32-29(25-37-31)20-16-22-36-24-28-18-13-11-14-19-28)17-12-9-7-5-6-8-10-15-21-33(3)30(34)23-27(2)35-4/h5,7,9-15,18-19,23,25-26H,6,8,16-17,20-22,24H2,1-4H3/b7-5-,12-9-,15-10+,27-23+/t26-/m1/s1. The Balaban J connectivity index is 1.56. The molecule has 37 heavy (non-hydrogen) atoms. The van der Waals surface area contributed by atoms with E-state index >= 15 is 0 Å². The molecule has 0 fully saturated rings. The molecule has 0 saturated heterocycles. The second-order valence-corrected chi connectivity index (χ2v) is 9.04. The number of carbonyl (C=O) groups is 1. The van der Waals surface area contributed by atoms with E-state index in [1.165, 1.54) is 11.6 Å². The number of nitrogens with zero attached hydrogens (tertiary/aromatic N) is 2. The Hall–Kier alpha value is -3.38. The average molecular weight is 507 g/mol. The summed E-state index contributed by atoms with van der Waals surface area (Å²) in [5.41, 5.74) is 2.18. The minimum absolute atomic E-state index is 0.0617. The molecule has 0 bridgehead atoms. The fraction of sp³-hybridized carbons (Fsp3) is 0.419. The van der Waals surface area contributed by atoms with Crippen LogP contribution < -0.4 is 0 Å². The summed E-state index contributed by atoms with van der Waals surface area (Å²) < 4.78 is 16.4. The average Bonchev–Trinajstić information content (AvgIpc) is 3.38. The molecule has 1 aromatic carbocycles. The molecule has 1 aromatic heterocycles. The summed E-state index contributed by atoms with van der Waals surface area (Å²) in [7, 11) is 3.33. The van der Waals surface area contributed by atoms with Crippen molar-refractivity contribution in [3.8, 4) is 0 Å². The van der Waals surface area contributed by atoms with Gasteiger partial charge in [0.15, 0.2) is 5.89 Å². The third kappa shape index (κ3) is 12.9. The normalized spacial score (nSPS) is 13.1. The second-order valence-electron chi connectivity index (χ2n) is 9.04. The van der Waals surface area contributed by atoms with Gasteiger partial charge in [0.05, 0.1) is 25.2 Å².